The second-order valence-corrected chi connectivity index (χ2v) is 2.11. The first kappa shape index (κ1) is 7.80. The van der Waals surface area contributed by atoms with Gasteiger partial charge in [-0.1, -0.05) is 12.1 Å². The molecule has 1 aromatic rings. The third-order valence-corrected chi connectivity index (χ3v) is 1.31. The molecule has 3 nitrogen and oxygen atoms in total. The van der Waals surface area contributed by atoms with Crippen LogP contribution < -0.4 is 5.46 Å². The van der Waals surface area contributed by atoms with E-state index >= 15 is 0 Å². The van der Waals surface area contributed by atoms with E-state index in [2.05, 4.69) is 0 Å². The maximum Gasteiger partial charge on any atom is 0.488 e. The molecular formula is C7H6BNO2. The fraction of sp³-hybridized carbons (Fsp3) is 0. The van der Waals surface area contributed by atoms with E-state index in [0.717, 1.165) is 0 Å². The van der Waals surface area contributed by atoms with Crippen molar-refractivity contribution >= 4 is 12.6 Å². The van der Waals surface area contributed by atoms with Crippen LogP contribution in [0.2, 0.25) is 0 Å². The normalized spacial score (nSPS) is 8.82. The SMILES string of the molecule is N#[13C]c1cccc(B(O)O)c1. The van der Waals surface area contributed by atoms with Gasteiger partial charge in [0.25, 0.3) is 0 Å². The van der Waals surface area contributed by atoms with Crippen LogP contribution in [-0.2, 0) is 0 Å². The molecule has 11 heavy (non-hydrogen) atoms. The van der Waals surface area contributed by atoms with E-state index in [9.17, 15) is 0 Å². The van der Waals surface area contributed by atoms with Gasteiger partial charge >= 0.3 is 7.12 Å². The Kier molecular flexibility index (Phi) is 2.26. The Morgan fingerprint density at radius 3 is 2.64 bits per heavy atom. The Bertz CT molecular complexity index is 293. The summed E-state index contributed by atoms with van der Waals surface area (Å²) in [5, 5.41) is 25.8. The first-order valence-corrected chi connectivity index (χ1v) is 3.10. The van der Waals surface area contributed by atoms with E-state index in [0.29, 0.717) is 11.0 Å². The van der Waals surface area contributed by atoms with Gasteiger partial charge in [-0.25, -0.2) is 0 Å². The molecule has 0 amide bonds. The second kappa shape index (κ2) is 3.19. The van der Waals surface area contributed by atoms with Crippen LogP contribution in [0.3, 0.4) is 0 Å². The lowest BCUT2D eigenvalue weighted by atomic mass is 9.80. The molecule has 0 radical (unpaired) electrons. The van der Waals surface area contributed by atoms with Crippen LogP contribution in [0.4, 0.5) is 0 Å². The monoisotopic (exact) mass is 148 g/mol. The van der Waals surface area contributed by atoms with Gasteiger partial charge in [0.05, 0.1) is 11.6 Å². The molecule has 0 aliphatic heterocycles. The first-order chi connectivity index (χ1) is 5.24. The number of hydrogen-bond acceptors (Lipinski definition) is 3. The number of nitriles is 1. The van der Waals surface area contributed by atoms with Crippen LogP contribution >= 0.6 is 0 Å². The van der Waals surface area contributed by atoms with Gasteiger partial charge in [0.1, 0.15) is 0 Å². The minimum Gasteiger partial charge on any atom is -0.423 e. The van der Waals surface area contributed by atoms with Crippen LogP contribution in [0, 0.1) is 11.3 Å². The van der Waals surface area contributed by atoms with Gasteiger partial charge in [0, 0.05) is 0 Å². The lowest BCUT2D eigenvalue weighted by Crippen LogP contribution is -2.29. The molecule has 0 spiro atoms. The average Bonchev–Trinajstić information content (AvgIpc) is 2.05. The molecule has 0 bridgehead atoms. The maximum absolute atomic E-state index is 8.69. The summed E-state index contributed by atoms with van der Waals surface area (Å²) in [7, 11) is -1.50. The molecule has 0 aromatic heterocycles. The Hall–Kier alpha value is -1.31. The van der Waals surface area contributed by atoms with Crippen molar-refractivity contribution < 1.29 is 10.0 Å². The number of rotatable bonds is 1. The van der Waals surface area contributed by atoms with Gasteiger partial charge in [0.2, 0.25) is 0 Å². The van der Waals surface area contributed by atoms with Gasteiger partial charge in [0.15, 0.2) is 0 Å². The lowest BCUT2D eigenvalue weighted by Gasteiger charge is -1.97. The van der Waals surface area contributed by atoms with E-state index in [1.54, 1.807) is 18.2 Å². The third kappa shape index (κ3) is 1.80. The molecule has 0 saturated heterocycles. The lowest BCUT2D eigenvalue weighted by molar-refractivity contribution is 0.426. The zero-order valence-electron chi connectivity index (χ0n) is 5.73. The van der Waals surface area contributed by atoms with E-state index in [1.165, 1.54) is 6.07 Å². The van der Waals surface area contributed by atoms with Crippen LogP contribution in [0.25, 0.3) is 0 Å². The topological polar surface area (TPSA) is 64.2 Å². The van der Waals surface area contributed by atoms with Crippen LogP contribution in [0.1, 0.15) is 5.56 Å². The molecule has 0 unspecified atom stereocenters. The Morgan fingerprint density at radius 2 is 2.09 bits per heavy atom. The van der Waals surface area contributed by atoms with E-state index in [-0.39, 0.29) is 0 Å². The van der Waals surface area contributed by atoms with Crippen molar-refractivity contribution in [2.45, 2.75) is 0 Å². The van der Waals surface area contributed by atoms with Gasteiger partial charge in [-0.2, -0.15) is 5.26 Å². The fourth-order valence-corrected chi connectivity index (χ4v) is 0.769. The van der Waals surface area contributed by atoms with Crippen LogP contribution in [-0.4, -0.2) is 17.2 Å². The minimum atomic E-state index is -1.50. The predicted octanol–water partition coefficient (Wildman–Crippen LogP) is -0.762. The van der Waals surface area contributed by atoms with Crippen molar-refractivity contribution in [3.63, 3.8) is 0 Å². The summed E-state index contributed by atoms with van der Waals surface area (Å²) in [4.78, 5) is 0. The predicted molar refractivity (Wildman–Crippen MR) is 41.0 cm³/mol. The van der Waals surface area contributed by atoms with Crippen molar-refractivity contribution in [1.29, 1.82) is 5.26 Å². The Labute approximate surface area is 64.7 Å². The van der Waals surface area contributed by atoms with E-state index in [4.69, 9.17) is 15.3 Å². The first-order valence-electron chi connectivity index (χ1n) is 3.10. The number of hydrogen-bond donors (Lipinski definition) is 2. The van der Waals surface area contributed by atoms with Crippen molar-refractivity contribution in [2.75, 3.05) is 0 Å². The van der Waals surface area contributed by atoms with Gasteiger partial charge < -0.3 is 10.0 Å². The quantitative estimate of drug-likeness (QED) is 0.406. The van der Waals surface area contributed by atoms with Gasteiger partial charge in [-0.05, 0) is 17.6 Å². The number of benzene rings is 1. The molecule has 2 N–H and O–H groups in total. The average molecular weight is 148 g/mol. The Balaban J connectivity index is 3.03. The molecule has 1 rings (SSSR count). The molecule has 0 aliphatic rings. The molecule has 0 aliphatic carbocycles. The van der Waals surface area contributed by atoms with Gasteiger partial charge in [-0.15, -0.1) is 0 Å². The molecular weight excluding hydrogens is 142 g/mol. The highest BCUT2D eigenvalue weighted by atomic mass is 16.4. The zero-order chi connectivity index (χ0) is 8.27. The summed E-state index contributed by atoms with van der Waals surface area (Å²) in [5.41, 5.74) is 0.764. The summed E-state index contributed by atoms with van der Waals surface area (Å²) >= 11 is 0. The highest BCUT2D eigenvalue weighted by Crippen LogP contribution is 1.93. The molecule has 0 fully saturated rings. The van der Waals surface area contributed by atoms with Crippen molar-refractivity contribution in [1.82, 2.24) is 0 Å². The number of nitrogens with zero attached hydrogens (tertiary/aromatic N) is 1. The standard InChI is InChI=1S/C7H6BNO2/c9-5-6-2-1-3-7(4-6)8(10)11/h1-4,10-11H/i5+1. The van der Waals surface area contributed by atoms with Crippen molar-refractivity contribution in [3.05, 3.63) is 29.8 Å². The highest BCUT2D eigenvalue weighted by molar-refractivity contribution is 6.58. The van der Waals surface area contributed by atoms with Crippen molar-refractivity contribution in [3.8, 4) is 6.07 Å². The molecule has 4 heteroatoms. The van der Waals surface area contributed by atoms with Gasteiger partial charge in [-0.3, -0.25) is 0 Å². The molecule has 1 aromatic carbocycles. The fourth-order valence-electron chi connectivity index (χ4n) is 0.769. The van der Waals surface area contributed by atoms with E-state index in [1.807, 2.05) is 6.07 Å². The van der Waals surface area contributed by atoms with E-state index < -0.39 is 7.12 Å². The summed E-state index contributed by atoms with van der Waals surface area (Å²) in [6, 6.07) is 8.09. The molecule has 0 heterocycles. The minimum absolute atomic E-state index is 0.337. The molecule has 54 valence electrons. The summed E-state index contributed by atoms with van der Waals surface area (Å²) in [6.45, 7) is 0. The van der Waals surface area contributed by atoms with Crippen LogP contribution in [0.5, 0.6) is 0 Å². The summed E-state index contributed by atoms with van der Waals surface area (Å²) in [5.74, 6) is 0. The summed E-state index contributed by atoms with van der Waals surface area (Å²) < 4.78 is 0. The molecule has 0 atom stereocenters. The summed E-state index contributed by atoms with van der Waals surface area (Å²) in [6.07, 6.45) is 0. The smallest absolute Gasteiger partial charge is 0.423 e. The second-order valence-electron chi connectivity index (χ2n) is 2.11. The largest absolute Gasteiger partial charge is 0.488 e. The molecule has 0 saturated carbocycles. The van der Waals surface area contributed by atoms with Crippen molar-refractivity contribution in [2.24, 2.45) is 0 Å². The van der Waals surface area contributed by atoms with Crippen LogP contribution in [0.15, 0.2) is 24.3 Å². The third-order valence-electron chi connectivity index (χ3n) is 1.31. The Morgan fingerprint density at radius 1 is 1.36 bits per heavy atom. The highest BCUT2D eigenvalue weighted by Gasteiger charge is 2.09. The maximum atomic E-state index is 8.69. The zero-order valence-corrected chi connectivity index (χ0v) is 5.73.